The fraction of sp³-hybridized carbons (Fsp3) is 0.188. The Morgan fingerprint density at radius 3 is 2.40 bits per heavy atom. The van der Waals surface area contributed by atoms with Crippen molar-refractivity contribution in [2.45, 2.75) is 6.54 Å². The SMILES string of the molecule is COc1ccc(NC(=O)CNCc2ccccc2)cc1. The summed E-state index contributed by atoms with van der Waals surface area (Å²) in [6.45, 7) is 0.956. The van der Waals surface area contributed by atoms with Crippen molar-refractivity contribution in [2.75, 3.05) is 19.0 Å². The third-order valence-electron chi connectivity index (χ3n) is 2.83. The van der Waals surface area contributed by atoms with Crippen LogP contribution < -0.4 is 15.4 Å². The molecule has 2 aromatic rings. The zero-order valence-corrected chi connectivity index (χ0v) is 11.4. The van der Waals surface area contributed by atoms with Gasteiger partial charge in [0.2, 0.25) is 5.91 Å². The maximum absolute atomic E-state index is 11.8. The standard InChI is InChI=1S/C16H18N2O2/c1-20-15-9-7-14(8-10-15)18-16(19)12-17-11-13-5-3-2-4-6-13/h2-10,17H,11-12H2,1H3,(H,18,19). The van der Waals surface area contributed by atoms with Crippen molar-refractivity contribution in [1.29, 1.82) is 0 Å². The smallest absolute Gasteiger partial charge is 0.238 e. The van der Waals surface area contributed by atoms with Crippen molar-refractivity contribution in [3.05, 3.63) is 60.2 Å². The van der Waals surface area contributed by atoms with Gasteiger partial charge in [0, 0.05) is 12.2 Å². The molecule has 104 valence electrons. The molecule has 0 unspecified atom stereocenters. The van der Waals surface area contributed by atoms with E-state index in [2.05, 4.69) is 10.6 Å². The second-order valence-corrected chi connectivity index (χ2v) is 4.37. The molecule has 2 N–H and O–H groups in total. The second-order valence-electron chi connectivity index (χ2n) is 4.37. The lowest BCUT2D eigenvalue weighted by Gasteiger charge is -2.07. The molecule has 0 aliphatic rings. The maximum atomic E-state index is 11.8. The van der Waals surface area contributed by atoms with Crippen molar-refractivity contribution in [3.8, 4) is 5.75 Å². The van der Waals surface area contributed by atoms with E-state index in [1.807, 2.05) is 54.6 Å². The van der Waals surface area contributed by atoms with E-state index in [9.17, 15) is 4.79 Å². The Kier molecular flexibility index (Phi) is 5.15. The van der Waals surface area contributed by atoms with Gasteiger partial charge in [-0.3, -0.25) is 4.79 Å². The molecule has 0 saturated carbocycles. The van der Waals surface area contributed by atoms with E-state index in [0.29, 0.717) is 6.54 Å². The summed E-state index contributed by atoms with van der Waals surface area (Å²) in [6.07, 6.45) is 0. The van der Waals surface area contributed by atoms with Gasteiger partial charge in [-0.2, -0.15) is 0 Å². The number of amides is 1. The van der Waals surface area contributed by atoms with E-state index < -0.39 is 0 Å². The highest BCUT2D eigenvalue weighted by atomic mass is 16.5. The molecular formula is C16H18N2O2. The molecule has 0 fully saturated rings. The summed E-state index contributed by atoms with van der Waals surface area (Å²) in [5.41, 5.74) is 1.92. The number of benzene rings is 2. The summed E-state index contributed by atoms with van der Waals surface area (Å²) < 4.78 is 5.06. The lowest BCUT2D eigenvalue weighted by atomic mass is 10.2. The Morgan fingerprint density at radius 2 is 1.75 bits per heavy atom. The molecular weight excluding hydrogens is 252 g/mol. The fourth-order valence-corrected chi connectivity index (χ4v) is 1.80. The van der Waals surface area contributed by atoms with Gasteiger partial charge in [0.15, 0.2) is 0 Å². The zero-order chi connectivity index (χ0) is 14.2. The quantitative estimate of drug-likeness (QED) is 0.847. The number of hydrogen-bond acceptors (Lipinski definition) is 3. The molecule has 4 heteroatoms. The van der Waals surface area contributed by atoms with Crippen LogP contribution in [0.1, 0.15) is 5.56 Å². The van der Waals surface area contributed by atoms with E-state index in [0.717, 1.165) is 17.0 Å². The molecule has 0 radical (unpaired) electrons. The number of carbonyl (C=O) groups is 1. The number of ether oxygens (including phenoxy) is 1. The van der Waals surface area contributed by atoms with Gasteiger partial charge in [-0.1, -0.05) is 30.3 Å². The summed E-state index contributed by atoms with van der Waals surface area (Å²) in [4.78, 5) is 11.8. The van der Waals surface area contributed by atoms with Gasteiger partial charge in [-0.25, -0.2) is 0 Å². The van der Waals surface area contributed by atoms with E-state index in [1.165, 1.54) is 0 Å². The first-order valence-electron chi connectivity index (χ1n) is 6.46. The van der Waals surface area contributed by atoms with Gasteiger partial charge in [-0.15, -0.1) is 0 Å². The van der Waals surface area contributed by atoms with Crippen LogP contribution in [-0.2, 0) is 11.3 Å². The second kappa shape index (κ2) is 7.31. The summed E-state index contributed by atoms with van der Waals surface area (Å²) in [5.74, 6) is 0.705. The molecule has 2 aromatic carbocycles. The number of hydrogen-bond donors (Lipinski definition) is 2. The molecule has 1 amide bonds. The minimum absolute atomic E-state index is 0.0638. The summed E-state index contributed by atoms with van der Waals surface area (Å²) in [7, 11) is 1.61. The van der Waals surface area contributed by atoms with Crippen LogP contribution in [-0.4, -0.2) is 19.6 Å². The molecule has 2 rings (SSSR count). The number of carbonyl (C=O) groups excluding carboxylic acids is 1. The van der Waals surface area contributed by atoms with Crippen LogP contribution in [0, 0.1) is 0 Å². The fourth-order valence-electron chi connectivity index (χ4n) is 1.80. The average Bonchev–Trinajstić information content (AvgIpc) is 2.49. The van der Waals surface area contributed by atoms with Crippen molar-refractivity contribution >= 4 is 11.6 Å². The highest BCUT2D eigenvalue weighted by molar-refractivity contribution is 5.92. The summed E-state index contributed by atoms with van der Waals surface area (Å²) in [5, 5.41) is 5.93. The molecule has 0 aromatic heterocycles. The Balaban J connectivity index is 1.74. The number of rotatable bonds is 6. The van der Waals surface area contributed by atoms with Crippen LogP contribution in [0.15, 0.2) is 54.6 Å². The van der Waals surface area contributed by atoms with Crippen molar-refractivity contribution in [1.82, 2.24) is 5.32 Å². The van der Waals surface area contributed by atoms with Crippen LogP contribution in [0.2, 0.25) is 0 Å². The highest BCUT2D eigenvalue weighted by Crippen LogP contribution is 2.14. The van der Waals surface area contributed by atoms with Crippen molar-refractivity contribution in [3.63, 3.8) is 0 Å². The van der Waals surface area contributed by atoms with Crippen LogP contribution in [0.3, 0.4) is 0 Å². The predicted octanol–water partition coefficient (Wildman–Crippen LogP) is 2.42. The van der Waals surface area contributed by atoms with Gasteiger partial charge in [0.05, 0.1) is 13.7 Å². The lowest BCUT2D eigenvalue weighted by molar-refractivity contribution is -0.115. The molecule has 0 aliphatic heterocycles. The summed E-state index contributed by atoms with van der Waals surface area (Å²) in [6, 6.07) is 17.2. The molecule has 0 heterocycles. The van der Waals surface area contributed by atoms with Gasteiger partial charge < -0.3 is 15.4 Å². The van der Waals surface area contributed by atoms with Gasteiger partial charge in [0.1, 0.15) is 5.75 Å². The molecule has 0 atom stereocenters. The topological polar surface area (TPSA) is 50.4 Å². The van der Waals surface area contributed by atoms with Crippen LogP contribution in [0.25, 0.3) is 0 Å². The number of anilines is 1. The third kappa shape index (κ3) is 4.40. The minimum Gasteiger partial charge on any atom is -0.497 e. The zero-order valence-electron chi connectivity index (χ0n) is 11.4. The molecule has 0 bridgehead atoms. The van der Waals surface area contributed by atoms with E-state index in [4.69, 9.17) is 4.74 Å². The summed E-state index contributed by atoms with van der Waals surface area (Å²) >= 11 is 0. The van der Waals surface area contributed by atoms with Crippen LogP contribution >= 0.6 is 0 Å². The third-order valence-corrected chi connectivity index (χ3v) is 2.83. The number of methoxy groups -OCH3 is 1. The van der Waals surface area contributed by atoms with Gasteiger partial charge >= 0.3 is 0 Å². The van der Waals surface area contributed by atoms with Gasteiger partial charge in [0.25, 0.3) is 0 Å². The normalized spacial score (nSPS) is 10.1. The molecule has 20 heavy (non-hydrogen) atoms. The minimum atomic E-state index is -0.0638. The van der Waals surface area contributed by atoms with Gasteiger partial charge in [-0.05, 0) is 29.8 Å². The molecule has 4 nitrogen and oxygen atoms in total. The predicted molar refractivity (Wildman–Crippen MR) is 79.8 cm³/mol. The van der Waals surface area contributed by atoms with Crippen LogP contribution in [0.4, 0.5) is 5.69 Å². The first-order valence-corrected chi connectivity index (χ1v) is 6.46. The first-order chi connectivity index (χ1) is 9.78. The van der Waals surface area contributed by atoms with E-state index >= 15 is 0 Å². The number of nitrogens with one attached hydrogen (secondary N) is 2. The molecule has 0 aliphatic carbocycles. The monoisotopic (exact) mass is 270 g/mol. The lowest BCUT2D eigenvalue weighted by Crippen LogP contribution is -2.27. The Morgan fingerprint density at radius 1 is 1.05 bits per heavy atom. The van der Waals surface area contributed by atoms with E-state index in [1.54, 1.807) is 7.11 Å². The highest BCUT2D eigenvalue weighted by Gasteiger charge is 2.02. The Labute approximate surface area is 118 Å². The Bertz CT molecular complexity index is 538. The molecule has 0 spiro atoms. The average molecular weight is 270 g/mol. The maximum Gasteiger partial charge on any atom is 0.238 e. The molecule has 0 saturated heterocycles. The van der Waals surface area contributed by atoms with Crippen molar-refractivity contribution < 1.29 is 9.53 Å². The van der Waals surface area contributed by atoms with Crippen LogP contribution in [0.5, 0.6) is 5.75 Å². The Hall–Kier alpha value is -2.33. The first kappa shape index (κ1) is 14.1. The largest absolute Gasteiger partial charge is 0.497 e. The van der Waals surface area contributed by atoms with E-state index in [-0.39, 0.29) is 12.5 Å². The van der Waals surface area contributed by atoms with Crippen molar-refractivity contribution in [2.24, 2.45) is 0 Å².